The number of aryl methyl sites for hydroxylation is 2. The van der Waals surface area contributed by atoms with Crippen molar-refractivity contribution in [1.29, 1.82) is 0 Å². The Hall–Kier alpha value is -1.77. The Labute approximate surface area is 81.5 Å². The fourth-order valence-electron chi connectivity index (χ4n) is 1.50. The van der Waals surface area contributed by atoms with Crippen LogP contribution in [0.2, 0.25) is 0 Å². The summed E-state index contributed by atoms with van der Waals surface area (Å²) in [5.74, 6) is 0.445. The third kappa shape index (κ3) is 1.18. The zero-order chi connectivity index (χ0) is 10.3. The third-order valence-electron chi connectivity index (χ3n) is 2.46. The van der Waals surface area contributed by atoms with Gasteiger partial charge < -0.3 is 10.2 Å². The summed E-state index contributed by atoms with van der Waals surface area (Å²) in [7, 11) is 0. The topological polar surface area (TPSA) is 56.2 Å². The highest BCUT2D eigenvalue weighted by atomic mass is 16.3. The van der Waals surface area contributed by atoms with E-state index >= 15 is 0 Å². The molecule has 0 aliphatic heterocycles. The monoisotopic (exact) mass is 189 g/mol. The van der Waals surface area contributed by atoms with Crippen molar-refractivity contribution in [1.82, 2.24) is 0 Å². The summed E-state index contributed by atoms with van der Waals surface area (Å²) < 4.78 is 5.48. The van der Waals surface area contributed by atoms with Gasteiger partial charge in [-0.1, -0.05) is 6.07 Å². The van der Waals surface area contributed by atoms with E-state index in [9.17, 15) is 4.79 Å². The van der Waals surface area contributed by atoms with Crippen LogP contribution >= 0.6 is 0 Å². The maximum atomic E-state index is 10.9. The Bertz CT molecular complexity index is 511. The molecule has 2 rings (SSSR count). The van der Waals surface area contributed by atoms with Crippen LogP contribution in [0.15, 0.2) is 22.6 Å². The summed E-state index contributed by atoms with van der Waals surface area (Å²) in [5, 5.41) is 1.03. The highest BCUT2D eigenvalue weighted by Gasteiger charge is 2.08. The van der Waals surface area contributed by atoms with Crippen molar-refractivity contribution in [2.75, 3.05) is 0 Å². The van der Waals surface area contributed by atoms with Crippen molar-refractivity contribution >= 4 is 16.9 Å². The predicted molar refractivity (Wildman–Crippen MR) is 54.2 cm³/mol. The minimum absolute atomic E-state index is 0.432. The second kappa shape index (κ2) is 2.87. The van der Waals surface area contributed by atoms with Gasteiger partial charge in [-0.3, -0.25) is 4.79 Å². The number of nitrogens with two attached hydrogens (primary N) is 1. The Morgan fingerprint density at radius 2 is 2.07 bits per heavy atom. The molecule has 1 heterocycles. The number of hydrogen-bond acceptors (Lipinski definition) is 2. The van der Waals surface area contributed by atoms with Gasteiger partial charge in [0.05, 0.1) is 0 Å². The van der Waals surface area contributed by atoms with Crippen LogP contribution in [0, 0.1) is 13.8 Å². The van der Waals surface area contributed by atoms with Crippen LogP contribution in [0.25, 0.3) is 11.0 Å². The van der Waals surface area contributed by atoms with E-state index in [0.29, 0.717) is 5.56 Å². The van der Waals surface area contributed by atoms with E-state index in [1.165, 1.54) is 0 Å². The molecule has 3 heteroatoms. The van der Waals surface area contributed by atoms with E-state index in [1.54, 1.807) is 12.1 Å². The Morgan fingerprint density at radius 3 is 2.71 bits per heavy atom. The summed E-state index contributed by atoms with van der Waals surface area (Å²) in [5.41, 5.74) is 7.47. The van der Waals surface area contributed by atoms with E-state index in [2.05, 4.69) is 0 Å². The first-order chi connectivity index (χ1) is 6.59. The van der Waals surface area contributed by atoms with E-state index in [0.717, 1.165) is 22.3 Å². The smallest absolute Gasteiger partial charge is 0.248 e. The minimum atomic E-state index is -0.432. The lowest BCUT2D eigenvalue weighted by atomic mass is 10.1. The lowest BCUT2D eigenvalue weighted by Gasteiger charge is -1.94. The van der Waals surface area contributed by atoms with Crippen LogP contribution < -0.4 is 5.73 Å². The summed E-state index contributed by atoms with van der Waals surface area (Å²) in [6, 6.07) is 5.26. The maximum absolute atomic E-state index is 10.9. The molecule has 0 saturated heterocycles. The van der Waals surface area contributed by atoms with Gasteiger partial charge in [-0.2, -0.15) is 0 Å². The summed E-state index contributed by atoms with van der Waals surface area (Å²) >= 11 is 0. The number of hydrogen-bond donors (Lipinski definition) is 1. The number of fused-ring (bicyclic) bond motifs is 1. The van der Waals surface area contributed by atoms with Crippen molar-refractivity contribution in [2.45, 2.75) is 13.8 Å². The normalized spacial score (nSPS) is 10.7. The van der Waals surface area contributed by atoms with E-state index < -0.39 is 5.91 Å². The van der Waals surface area contributed by atoms with E-state index in [4.69, 9.17) is 10.2 Å². The largest absolute Gasteiger partial charge is 0.461 e. The molecule has 14 heavy (non-hydrogen) atoms. The van der Waals surface area contributed by atoms with Crippen LogP contribution in [-0.4, -0.2) is 5.91 Å². The fourth-order valence-corrected chi connectivity index (χ4v) is 1.50. The van der Waals surface area contributed by atoms with Crippen LogP contribution in [-0.2, 0) is 0 Å². The number of benzene rings is 1. The van der Waals surface area contributed by atoms with Gasteiger partial charge >= 0.3 is 0 Å². The molecule has 1 aromatic heterocycles. The fraction of sp³-hybridized carbons (Fsp3) is 0.182. The molecule has 0 radical (unpaired) electrons. The van der Waals surface area contributed by atoms with Crippen LogP contribution in [0.1, 0.15) is 21.7 Å². The minimum Gasteiger partial charge on any atom is -0.461 e. The van der Waals surface area contributed by atoms with Crippen molar-refractivity contribution in [3.8, 4) is 0 Å². The Morgan fingerprint density at radius 1 is 1.36 bits per heavy atom. The molecule has 0 unspecified atom stereocenters. The number of amides is 1. The molecule has 2 N–H and O–H groups in total. The molecular formula is C11H11NO2. The molecule has 2 aromatic rings. The Kier molecular flexibility index (Phi) is 1.81. The van der Waals surface area contributed by atoms with Crippen molar-refractivity contribution in [2.24, 2.45) is 5.73 Å². The molecule has 0 fully saturated rings. The number of primary amides is 1. The first kappa shape index (κ1) is 8.81. The highest BCUT2D eigenvalue weighted by Crippen LogP contribution is 2.25. The zero-order valence-electron chi connectivity index (χ0n) is 8.13. The number of carbonyl (C=O) groups is 1. The first-order valence-corrected chi connectivity index (χ1v) is 4.39. The van der Waals surface area contributed by atoms with Gasteiger partial charge in [0.25, 0.3) is 0 Å². The number of furan rings is 1. The van der Waals surface area contributed by atoms with Gasteiger partial charge in [0.2, 0.25) is 5.91 Å². The molecule has 1 aromatic carbocycles. The van der Waals surface area contributed by atoms with E-state index in [1.807, 2.05) is 19.9 Å². The molecule has 0 atom stereocenters. The maximum Gasteiger partial charge on any atom is 0.248 e. The second-order valence-corrected chi connectivity index (χ2v) is 3.36. The van der Waals surface area contributed by atoms with E-state index in [-0.39, 0.29) is 0 Å². The molecule has 0 saturated carbocycles. The molecule has 0 spiro atoms. The SMILES string of the molecule is Cc1oc2cc(C(N)=O)ccc2c1C. The summed E-state index contributed by atoms with van der Waals surface area (Å²) in [4.78, 5) is 10.9. The lowest BCUT2D eigenvalue weighted by molar-refractivity contribution is 0.100. The van der Waals surface area contributed by atoms with Crippen molar-refractivity contribution in [3.63, 3.8) is 0 Å². The molecule has 3 nitrogen and oxygen atoms in total. The molecular weight excluding hydrogens is 178 g/mol. The zero-order valence-corrected chi connectivity index (χ0v) is 8.13. The van der Waals surface area contributed by atoms with Crippen LogP contribution in [0.3, 0.4) is 0 Å². The molecule has 0 aliphatic rings. The first-order valence-electron chi connectivity index (χ1n) is 4.39. The average Bonchev–Trinajstić information content (AvgIpc) is 2.42. The van der Waals surface area contributed by atoms with Gasteiger partial charge in [0, 0.05) is 10.9 Å². The summed E-state index contributed by atoms with van der Waals surface area (Å²) in [6.07, 6.45) is 0. The number of rotatable bonds is 1. The van der Waals surface area contributed by atoms with Crippen molar-refractivity contribution < 1.29 is 9.21 Å². The highest BCUT2D eigenvalue weighted by molar-refractivity contribution is 5.97. The van der Waals surface area contributed by atoms with Crippen LogP contribution in [0.4, 0.5) is 0 Å². The quantitative estimate of drug-likeness (QED) is 0.747. The van der Waals surface area contributed by atoms with Gasteiger partial charge in [0.15, 0.2) is 0 Å². The second-order valence-electron chi connectivity index (χ2n) is 3.36. The van der Waals surface area contributed by atoms with Crippen molar-refractivity contribution in [3.05, 3.63) is 35.1 Å². The van der Waals surface area contributed by atoms with Gasteiger partial charge in [-0.25, -0.2) is 0 Å². The average molecular weight is 189 g/mol. The Balaban J connectivity index is 2.73. The predicted octanol–water partition coefficient (Wildman–Crippen LogP) is 2.15. The molecule has 1 amide bonds. The molecule has 0 bridgehead atoms. The standard InChI is InChI=1S/C11H11NO2/c1-6-7(2)14-10-5-8(11(12)13)3-4-9(6)10/h3-5H,1-2H3,(H2,12,13). The number of carbonyl (C=O) groups excluding carboxylic acids is 1. The third-order valence-corrected chi connectivity index (χ3v) is 2.46. The molecule has 72 valence electrons. The lowest BCUT2D eigenvalue weighted by Crippen LogP contribution is -2.10. The van der Waals surface area contributed by atoms with Gasteiger partial charge in [-0.15, -0.1) is 0 Å². The van der Waals surface area contributed by atoms with Gasteiger partial charge in [-0.05, 0) is 31.5 Å². The summed E-state index contributed by atoms with van der Waals surface area (Å²) in [6.45, 7) is 3.89. The van der Waals surface area contributed by atoms with Gasteiger partial charge in [0.1, 0.15) is 11.3 Å². The van der Waals surface area contributed by atoms with Crippen LogP contribution in [0.5, 0.6) is 0 Å². The molecule has 0 aliphatic carbocycles.